The van der Waals surface area contributed by atoms with Crippen LogP contribution in [0.5, 0.6) is 0 Å². The van der Waals surface area contributed by atoms with Gasteiger partial charge in [-0.25, -0.2) is 0 Å². The predicted octanol–water partition coefficient (Wildman–Crippen LogP) is 15.5. The van der Waals surface area contributed by atoms with Crippen LogP contribution in [0.4, 0.5) is 0 Å². The Hall–Kier alpha value is -3.15. The molecule has 0 radical (unpaired) electrons. The molecule has 0 saturated carbocycles. The van der Waals surface area contributed by atoms with Gasteiger partial charge in [-0.05, 0) is 64.2 Å². The molecule has 0 aliphatic heterocycles. The van der Waals surface area contributed by atoms with E-state index in [1.165, 1.54) is 103 Å². The van der Waals surface area contributed by atoms with Gasteiger partial charge in [-0.3, -0.25) is 14.4 Å². The lowest BCUT2D eigenvalue weighted by Crippen LogP contribution is -2.30. The van der Waals surface area contributed by atoms with E-state index in [9.17, 15) is 14.4 Å². The summed E-state index contributed by atoms with van der Waals surface area (Å²) in [6, 6.07) is 0. The van der Waals surface area contributed by atoms with Gasteiger partial charge in [0.1, 0.15) is 13.2 Å². The average molecular weight is 809 g/mol. The van der Waals surface area contributed by atoms with Gasteiger partial charge < -0.3 is 14.2 Å². The first-order valence-corrected chi connectivity index (χ1v) is 23.9. The Kier molecular flexibility index (Phi) is 44.0. The molecule has 0 aromatic rings. The monoisotopic (exact) mass is 809 g/mol. The first kappa shape index (κ1) is 54.9. The van der Waals surface area contributed by atoms with Gasteiger partial charge in [-0.2, -0.15) is 0 Å². The van der Waals surface area contributed by atoms with Crippen LogP contribution < -0.4 is 0 Å². The summed E-state index contributed by atoms with van der Waals surface area (Å²) >= 11 is 0. The molecule has 6 nitrogen and oxygen atoms in total. The van der Waals surface area contributed by atoms with Gasteiger partial charge in [0.05, 0.1) is 6.42 Å². The van der Waals surface area contributed by atoms with Crippen LogP contribution >= 0.6 is 0 Å². The number of allylic oxidation sites excluding steroid dienone is 11. The molecule has 0 aromatic heterocycles. The Morgan fingerprint density at radius 2 is 0.741 bits per heavy atom. The molecule has 0 aliphatic rings. The second-order valence-electron chi connectivity index (χ2n) is 15.6. The van der Waals surface area contributed by atoms with Gasteiger partial charge in [0.15, 0.2) is 6.10 Å². The molecule has 58 heavy (non-hydrogen) atoms. The molecular formula is C52H88O6. The fourth-order valence-electron chi connectivity index (χ4n) is 6.46. The predicted molar refractivity (Wildman–Crippen MR) is 247 cm³/mol. The molecule has 6 heteroatoms. The number of hydrogen-bond acceptors (Lipinski definition) is 6. The van der Waals surface area contributed by atoms with Crippen LogP contribution in [-0.4, -0.2) is 37.2 Å². The topological polar surface area (TPSA) is 78.9 Å². The van der Waals surface area contributed by atoms with Crippen LogP contribution in [0.3, 0.4) is 0 Å². The smallest absolute Gasteiger partial charge is 0.309 e. The summed E-state index contributed by atoms with van der Waals surface area (Å²) in [4.78, 5) is 37.6. The van der Waals surface area contributed by atoms with Crippen molar-refractivity contribution in [1.82, 2.24) is 0 Å². The molecule has 0 bridgehead atoms. The Morgan fingerprint density at radius 3 is 1.21 bits per heavy atom. The van der Waals surface area contributed by atoms with E-state index < -0.39 is 12.1 Å². The first-order chi connectivity index (χ1) is 28.5. The summed E-state index contributed by atoms with van der Waals surface area (Å²) in [5.74, 6) is -1.09. The molecule has 0 amide bonds. The first-order valence-electron chi connectivity index (χ1n) is 23.9. The van der Waals surface area contributed by atoms with E-state index in [0.29, 0.717) is 12.8 Å². The molecule has 0 saturated heterocycles. The van der Waals surface area contributed by atoms with Crippen molar-refractivity contribution in [3.8, 4) is 0 Å². The lowest BCUT2D eigenvalue weighted by atomic mass is 10.0. The number of ether oxygens (including phenoxy) is 3. The quantitative estimate of drug-likeness (QED) is 0.0264. The van der Waals surface area contributed by atoms with E-state index in [0.717, 1.165) is 70.6 Å². The van der Waals surface area contributed by atoms with E-state index in [4.69, 9.17) is 14.2 Å². The zero-order chi connectivity index (χ0) is 42.3. The van der Waals surface area contributed by atoms with Gasteiger partial charge in [0.2, 0.25) is 0 Å². The molecule has 1 unspecified atom stereocenters. The largest absolute Gasteiger partial charge is 0.462 e. The van der Waals surface area contributed by atoms with Crippen LogP contribution in [0, 0.1) is 0 Å². The van der Waals surface area contributed by atoms with Crippen molar-refractivity contribution in [3.63, 3.8) is 0 Å². The van der Waals surface area contributed by atoms with Crippen molar-refractivity contribution in [2.24, 2.45) is 0 Å². The van der Waals surface area contributed by atoms with E-state index >= 15 is 0 Å². The maximum atomic E-state index is 12.7. The minimum absolute atomic E-state index is 0.116. The highest BCUT2D eigenvalue weighted by atomic mass is 16.6. The summed E-state index contributed by atoms with van der Waals surface area (Å²) in [7, 11) is 0. The fraction of sp³-hybridized carbons (Fsp3) is 0.712. The van der Waals surface area contributed by atoms with Crippen LogP contribution in [0.2, 0.25) is 0 Å². The van der Waals surface area contributed by atoms with Crippen LogP contribution in [0.1, 0.15) is 220 Å². The van der Waals surface area contributed by atoms with Crippen molar-refractivity contribution >= 4 is 17.9 Å². The van der Waals surface area contributed by atoms with Crippen LogP contribution in [-0.2, 0) is 28.6 Å². The number of unbranched alkanes of at least 4 members (excludes halogenated alkanes) is 20. The second-order valence-corrected chi connectivity index (χ2v) is 15.6. The van der Waals surface area contributed by atoms with E-state index in [1.54, 1.807) is 6.08 Å². The summed E-state index contributed by atoms with van der Waals surface area (Å²) in [5, 5.41) is 0. The maximum Gasteiger partial charge on any atom is 0.309 e. The third-order valence-electron chi connectivity index (χ3n) is 9.99. The Morgan fingerprint density at radius 1 is 0.379 bits per heavy atom. The minimum Gasteiger partial charge on any atom is -0.462 e. The number of hydrogen-bond donors (Lipinski definition) is 0. The molecule has 0 heterocycles. The highest BCUT2D eigenvalue weighted by Gasteiger charge is 2.19. The van der Waals surface area contributed by atoms with Gasteiger partial charge in [-0.1, -0.05) is 209 Å². The molecule has 332 valence electrons. The normalized spacial score (nSPS) is 12.7. The lowest BCUT2D eigenvalue weighted by molar-refractivity contribution is -0.166. The molecule has 0 fully saturated rings. The second kappa shape index (κ2) is 46.5. The molecule has 0 spiro atoms. The van der Waals surface area contributed by atoms with Crippen molar-refractivity contribution in [1.29, 1.82) is 0 Å². The summed E-state index contributed by atoms with van der Waals surface area (Å²) < 4.78 is 16.6. The average Bonchev–Trinajstić information content (AvgIpc) is 3.22. The number of rotatable bonds is 42. The van der Waals surface area contributed by atoms with Gasteiger partial charge in [0.25, 0.3) is 0 Å². The fourth-order valence-corrected chi connectivity index (χ4v) is 6.46. The van der Waals surface area contributed by atoms with E-state index in [1.807, 2.05) is 6.08 Å². The molecule has 0 rings (SSSR count). The Labute approximate surface area is 357 Å². The maximum absolute atomic E-state index is 12.7. The molecule has 0 aliphatic carbocycles. The van der Waals surface area contributed by atoms with Gasteiger partial charge >= 0.3 is 17.9 Å². The van der Waals surface area contributed by atoms with E-state index in [-0.39, 0.29) is 38.0 Å². The summed E-state index contributed by atoms with van der Waals surface area (Å²) in [6.07, 6.45) is 57.9. The highest BCUT2D eigenvalue weighted by molar-refractivity contribution is 5.72. The SMILES string of the molecule is CC/C=C\C/C=C\C/C=C\CCCCC(=O)OC(COC(=O)C/C=C\C/C=C\C/C=C\CC)COC(=O)CCCCCCCCCCCCCCCCCCCCC. The Bertz CT molecular complexity index is 1110. The summed E-state index contributed by atoms with van der Waals surface area (Å²) in [6.45, 7) is 6.27. The third kappa shape index (κ3) is 44.0. The zero-order valence-electron chi connectivity index (χ0n) is 37.8. The lowest BCUT2D eigenvalue weighted by Gasteiger charge is -2.18. The molecule has 1 atom stereocenters. The minimum atomic E-state index is -0.826. The highest BCUT2D eigenvalue weighted by Crippen LogP contribution is 2.15. The molecular weight excluding hydrogens is 721 g/mol. The Balaban J connectivity index is 4.35. The van der Waals surface area contributed by atoms with Crippen LogP contribution in [0.25, 0.3) is 0 Å². The van der Waals surface area contributed by atoms with Gasteiger partial charge in [-0.15, -0.1) is 0 Å². The van der Waals surface area contributed by atoms with Crippen LogP contribution in [0.15, 0.2) is 72.9 Å². The van der Waals surface area contributed by atoms with E-state index in [2.05, 4.69) is 81.5 Å². The number of carbonyl (C=O) groups excluding carboxylic acids is 3. The van der Waals surface area contributed by atoms with Crippen molar-refractivity contribution in [2.45, 2.75) is 226 Å². The number of esters is 3. The zero-order valence-corrected chi connectivity index (χ0v) is 37.8. The van der Waals surface area contributed by atoms with Crippen molar-refractivity contribution in [2.75, 3.05) is 13.2 Å². The molecule has 0 aromatic carbocycles. The molecule has 0 N–H and O–H groups in total. The standard InChI is InChI=1S/C52H88O6/c1-4-7-10-13-16-19-21-23-24-25-26-27-28-29-31-33-36-39-42-45-51(54)57-48-49(47-56-50(53)44-41-38-35-32-18-15-12-9-6-3)58-52(55)46-43-40-37-34-30-22-20-17-14-11-8-5-2/h8-9,11-12,17-18,20,30,32,34,38,41,49H,4-7,10,13-16,19,21-29,31,33,35-37,39-40,42-48H2,1-3H3/b11-8-,12-9-,20-17-,32-18-,34-30-,41-38-. The number of carbonyl (C=O) groups is 3. The van der Waals surface area contributed by atoms with Crippen molar-refractivity contribution in [3.05, 3.63) is 72.9 Å². The summed E-state index contributed by atoms with van der Waals surface area (Å²) in [5.41, 5.74) is 0. The van der Waals surface area contributed by atoms with Crippen molar-refractivity contribution < 1.29 is 28.6 Å². The van der Waals surface area contributed by atoms with Gasteiger partial charge in [0, 0.05) is 12.8 Å². The third-order valence-corrected chi connectivity index (χ3v) is 9.99.